The quantitative estimate of drug-likeness (QED) is 0.512. The molecule has 1 aromatic carbocycles. The zero-order valence-corrected chi connectivity index (χ0v) is 11.8. The van der Waals surface area contributed by atoms with Gasteiger partial charge in [-0.15, -0.1) is 0 Å². The highest BCUT2D eigenvalue weighted by Gasteiger charge is 2.18. The number of anilines is 1. The molecular formula is C12H14ClN5O2. The number of nitrogens with one attached hydrogen (secondary N) is 1. The van der Waals surface area contributed by atoms with Gasteiger partial charge in [-0.2, -0.15) is 5.10 Å². The monoisotopic (exact) mass is 295 g/mol. The molecule has 0 aliphatic heterocycles. The fourth-order valence-corrected chi connectivity index (χ4v) is 2.16. The van der Waals surface area contributed by atoms with E-state index in [2.05, 4.69) is 10.5 Å². The second kappa shape index (κ2) is 5.48. The van der Waals surface area contributed by atoms with Crippen molar-refractivity contribution < 1.29 is 4.92 Å². The van der Waals surface area contributed by atoms with Gasteiger partial charge in [-0.25, -0.2) is 0 Å². The van der Waals surface area contributed by atoms with Gasteiger partial charge in [-0.05, 0) is 13.8 Å². The number of rotatable bonds is 4. The number of hydrogen-bond acceptors (Lipinski definition) is 5. The third-order valence-electron chi connectivity index (χ3n) is 3.08. The maximum atomic E-state index is 11.0. The van der Waals surface area contributed by atoms with Crippen molar-refractivity contribution >= 4 is 23.0 Å². The normalized spacial score (nSPS) is 10.6. The fraction of sp³-hybridized carbons (Fsp3) is 0.250. The molecule has 0 bridgehead atoms. The van der Waals surface area contributed by atoms with Gasteiger partial charge >= 0.3 is 0 Å². The van der Waals surface area contributed by atoms with E-state index in [4.69, 9.17) is 17.4 Å². The Morgan fingerprint density at radius 2 is 2.20 bits per heavy atom. The molecule has 0 radical (unpaired) electrons. The first-order chi connectivity index (χ1) is 9.45. The minimum absolute atomic E-state index is 0.0716. The summed E-state index contributed by atoms with van der Waals surface area (Å²) in [6.07, 6.45) is 0. The smallest absolute Gasteiger partial charge is 0.293 e. The molecule has 20 heavy (non-hydrogen) atoms. The van der Waals surface area contributed by atoms with E-state index in [0.717, 1.165) is 11.4 Å². The van der Waals surface area contributed by atoms with E-state index >= 15 is 0 Å². The van der Waals surface area contributed by atoms with Gasteiger partial charge in [-0.3, -0.25) is 20.6 Å². The first-order valence-corrected chi connectivity index (χ1v) is 6.26. The van der Waals surface area contributed by atoms with E-state index in [0.29, 0.717) is 17.1 Å². The van der Waals surface area contributed by atoms with E-state index in [1.165, 1.54) is 6.07 Å². The molecule has 0 aliphatic carbocycles. The van der Waals surface area contributed by atoms with Crippen LogP contribution in [0.1, 0.15) is 17.0 Å². The van der Waals surface area contributed by atoms with Crippen molar-refractivity contribution in [3.05, 3.63) is 50.3 Å². The second-order valence-corrected chi connectivity index (χ2v) is 4.73. The van der Waals surface area contributed by atoms with Crippen molar-refractivity contribution in [2.24, 2.45) is 5.84 Å². The van der Waals surface area contributed by atoms with E-state index in [1.54, 1.807) is 23.7 Å². The third-order valence-corrected chi connectivity index (χ3v) is 3.63. The molecule has 0 saturated carbocycles. The summed E-state index contributed by atoms with van der Waals surface area (Å²) in [7, 11) is 0. The summed E-state index contributed by atoms with van der Waals surface area (Å²) in [5.74, 6) is 5.41. The number of aromatic nitrogens is 2. The van der Waals surface area contributed by atoms with Crippen LogP contribution < -0.4 is 11.3 Å². The van der Waals surface area contributed by atoms with Crippen LogP contribution in [0, 0.1) is 24.0 Å². The van der Waals surface area contributed by atoms with Crippen LogP contribution in [-0.2, 0) is 6.54 Å². The second-order valence-electron chi connectivity index (χ2n) is 4.36. The van der Waals surface area contributed by atoms with Crippen molar-refractivity contribution in [2.45, 2.75) is 20.4 Å². The van der Waals surface area contributed by atoms with Crippen LogP contribution in [0.3, 0.4) is 0 Å². The number of nitrogen functional groups attached to an aromatic ring is 1. The van der Waals surface area contributed by atoms with Crippen molar-refractivity contribution in [1.29, 1.82) is 0 Å². The fourth-order valence-electron chi connectivity index (χ4n) is 2.03. The third kappa shape index (κ3) is 2.45. The Bertz CT molecular complexity index is 668. The molecule has 1 heterocycles. The average molecular weight is 296 g/mol. The molecule has 8 heteroatoms. The Labute approximate surface area is 120 Å². The van der Waals surface area contributed by atoms with Crippen LogP contribution in [0.5, 0.6) is 0 Å². The van der Waals surface area contributed by atoms with Gasteiger partial charge < -0.3 is 5.43 Å². The summed E-state index contributed by atoms with van der Waals surface area (Å²) in [6, 6.07) is 4.76. The number of nitrogens with zero attached hydrogens (tertiary/aromatic N) is 3. The topological polar surface area (TPSA) is 99.0 Å². The summed E-state index contributed by atoms with van der Waals surface area (Å²) in [5.41, 5.74) is 4.79. The molecular weight excluding hydrogens is 282 g/mol. The van der Waals surface area contributed by atoms with Crippen LogP contribution in [0.4, 0.5) is 11.4 Å². The van der Waals surface area contributed by atoms with Crippen LogP contribution in [0.25, 0.3) is 0 Å². The number of nitro benzene ring substituents is 1. The predicted octanol–water partition coefficient (Wildman–Crippen LogP) is 2.40. The molecule has 0 fully saturated rings. The Morgan fingerprint density at radius 1 is 1.50 bits per heavy atom. The van der Waals surface area contributed by atoms with Gasteiger partial charge in [-0.1, -0.05) is 23.7 Å². The van der Waals surface area contributed by atoms with Crippen LogP contribution in [-0.4, -0.2) is 14.7 Å². The number of nitro groups is 1. The van der Waals surface area contributed by atoms with Gasteiger partial charge in [0.05, 0.1) is 27.9 Å². The maximum absolute atomic E-state index is 11.0. The van der Waals surface area contributed by atoms with E-state index < -0.39 is 4.92 Å². The summed E-state index contributed by atoms with van der Waals surface area (Å²) in [6.45, 7) is 4.00. The highest BCUT2D eigenvalue weighted by atomic mass is 35.5. The maximum Gasteiger partial charge on any atom is 0.293 e. The summed E-state index contributed by atoms with van der Waals surface area (Å²) < 4.78 is 1.69. The molecule has 7 nitrogen and oxygen atoms in total. The Kier molecular flexibility index (Phi) is 3.91. The van der Waals surface area contributed by atoms with E-state index in [1.807, 2.05) is 6.92 Å². The number of hydrazine groups is 1. The number of nitrogens with two attached hydrogens (primary N) is 1. The lowest BCUT2D eigenvalue weighted by molar-refractivity contribution is -0.384. The van der Waals surface area contributed by atoms with Crippen LogP contribution in [0.2, 0.25) is 5.02 Å². The van der Waals surface area contributed by atoms with Crippen molar-refractivity contribution in [3.63, 3.8) is 0 Å². The van der Waals surface area contributed by atoms with Crippen LogP contribution >= 0.6 is 11.6 Å². The lowest BCUT2D eigenvalue weighted by Gasteiger charge is -2.10. The van der Waals surface area contributed by atoms with Gasteiger partial charge in [0.2, 0.25) is 0 Å². The predicted molar refractivity (Wildman–Crippen MR) is 76.7 cm³/mol. The first kappa shape index (κ1) is 14.3. The molecule has 2 rings (SSSR count). The molecule has 3 N–H and O–H groups in total. The number of para-hydroxylation sites is 1. The standard InChI is InChI=1S/C12H14ClN5O2/c1-7-11(13)8(2)17(16-7)6-9-4-3-5-10(18(19)20)12(9)15-14/h3-5,15H,6,14H2,1-2H3. The minimum Gasteiger partial charge on any atom is -0.318 e. The highest BCUT2D eigenvalue weighted by Crippen LogP contribution is 2.29. The number of benzene rings is 1. The van der Waals surface area contributed by atoms with E-state index in [-0.39, 0.29) is 11.4 Å². The van der Waals surface area contributed by atoms with Gasteiger partial charge in [0, 0.05) is 11.6 Å². The lowest BCUT2D eigenvalue weighted by Crippen LogP contribution is -2.14. The molecule has 0 saturated heterocycles. The zero-order valence-electron chi connectivity index (χ0n) is 11.1. The number of halogens is 1. The Balaban J connectivity index is 2.46. The molecule has 0 atom stereocenters. The lowest BCUT2D eigenvalue weighted by atomic mass is 10.1. The summed E-state index contributed by atoms with van der Waals surface area (Å²) in [5, 5.41) is 15.9. The average Bonchev–Trinajstić information content (AvgIpc) is 2.66. The number of hydrogen-bond donors (Lipinski definition) is 2. The first-order valence-electron chi connectivity index (χ1n) is 5.88. The van der Waals surface area contributed by atoms with Crippen molar-refractivity contribution in [2.75, 3.05) is 5.43 Å². The van der Waals surface area contributed by atoms with Gasteiger partial charge in [0.1, 0.15) is 5.69 Å². The largest absolute Gasteiger partial charge is 0.318 e. The SMILES string of the molecule is Cc1nn(Cc2cccc([N+](=O)[O-])c2NN)c(C)c1Cl. The summed E-state index contributed by atoms with van der Waals surface area (Å²) in [4.78, 5) is 10.5. The molecule has 106 valence electrons. The van der Waals surface area contributed by atoms with Crippen LogP contribution in [0.15, 0.2) is 18.2 Å². The van der Waals surface area contributed by atoms with Gasteiger partial charge in [0.15, 0.2) is 0 Å². The molecule has 0 spiro atoms. The molecule has 2 aromatic rings. The zero-order chi connectivity index (χ0) is 14.9. The Morgan fingerprint density at radius 3 is 2.70 bits per heavy atom. The highest BCUT2D eigenvalue weighted by molar-refractivity contribution is 6.31. The molecule has 1 aromatic heterocycles. The van der Waals surface area contributed by atoms with E-state index in [9.17, 15) is 10.1 Å². The van der Waals surface area contributed by atoms with Crippen molar-refractivity contribution in [1.82, 2.24) is 9.78 Å². The minimum atomic E-state index is -0.479. The molecule has 0 aliphatic rings. The molecule has 0 amide bonds. The summed E-state index contributed by atoms with van der Waals surface area (Å²) >= 11 is 6.09. The van der Waals surface area contributed by atoms with Crippen molar-refractivity contribution in [3.8, 4) is 0 Å². The molecule has 0 unspecified atom stereocenters. The number of aryl methyl sites for hydroxylation is 1. The Hall–Kier alpha value is -2.12. The van der Waals surface area contributed by atoms with Gasteiger partial charge in [0.25, 0.3) is 5.69 Å².